The summed E-state index contributed by atoms with van der Waals surface area (Å²) in [6.07, 6.45) is -8.59. The summed E-state index contributed by atoms with van der Waals surface area (Å²) >= 11 is 0. The van der Waals surface area contributed by atoms with E-state index in [2.05, 4.69) is 10.2 Å². The number of nitrogens with two attached hydrogens (primary N) is 1. The average molecular weight is 779 g/mol. The third-order valence-corrected chi connectivity index (χ3v) is 9.16. The van der Waals surface area contributed by atoms with Gasteiger partial charge in [0.1, 0.15) is 6.04 Å². The maximum atomic E-state index is 13.6. The van der Waals surface area contributed by atoms with Gasteiger partial charge in [0.05, 0.1) is 11.8 Å². The van der Waals surface area contributed by atoms with Crippen molar-refractivity contribution in [2.45, 2.75) is 30.9 Å². The molecule has 4 rings (SSSR count). The van der Waals surface area contributed by atoms with Gasteiger partial charge in [-0.15, -0.1) is 0 Å². The number of urea groups is 1. The second kappa shape index (κ2) is 17.5. The number of carboxylic acids is 3. The molecule has 3 amide bonds. The Labute approximate surface area is 291 Å². The van der Waals surface area contributed by atoms with Crippen LogP contribution in [-0.4, -0.2) is 173 Å². The van der Waals surface area contributed by atoms with Gasteiger partial charge in [-0.05, 0) is 30.7 Å². The van der Waals surface area contributed by atoms with Gasteiger partial charge in [-0.1, -0.05) is 0 Å². The number of amides is 3. The van der Waals surface area contributed by atoms with Crippen molar-refractivity contribution in [3.05, 3.63) is 29.8 Å². The molecule has 0 saturated carbocycles. The smallest absolute Gasteiger partial charge is 0.478 e. The number of aliphatic carboxylic acids is 2. The first kappa shape index (κ1) is 43.3. The zero-order chi connectivity index (χ0) is 39.8. The number of sulfonamides is 1. The van der Waals surface area contributed by atoms with E-state index in [4.69, 9.17) is 36.1 Å². The molecule has 0 aromatic heterocycles. The maximum absolute atomic E-state index is 13.6. The lowest BCUT2D eigenvalue weighted by Gasteiger charge is -2.38. The molecule has 0 aliphatic carbocycles. The number of carbonyl (C=O) groups is 5. The van der Waals surface area contributed by atoms with Crippen LogP contribution in [0, 0.1) is 5.41 Å². The molecule has 0 unspecified atom stereocenters. The third kappa shape index (κ3) is 12.7. The molecule has 0 bridgehead atoms. The van der Waals surface area contributed by atoms with Crippen molar-refractivity contribution < 1.29 is 74.1 Å². The lowest BCUT2D eigenvalue weighted by atomic mass is 10.1. The maximum Gasteiger partial charge on any atom is 0.490 e. The Morgan fingerprint density at radius 3 is 1.63 bits per heavy atom. The lowest BCUT2D eigenvalue weighted by molar-refractivity contribution is -0.193. The Bertz CT molecular complexity index is 1560. The van der Waals surface area contributed by atoms with Gasteiger partial charge in [-0.2, -0.15) is 30.6 Å². The Balaban J connectivity index is 0.000000564. The van der Waals surface area contributed by atoms with Crippen molar-refractivity contribution in [1.29, 1.82) is 5.41 Å². The van der Waals surface area contributed by atoms with Crippen molar-refractivity contribution in [3.63, 3.8) is 0 Å². The number of guanidine groups is 1. The molecule has 1 aromatic carbocycles. The van der Waals surface area contributed by atoms with Gasteiger partial charge in [0.25, 0.3) is 0 Å². The van der Waals surface area contributed by atoms with Crippen molar-refractivity contribution in [2.75, 3.05) is 70.5 Å². The van der Waals surface area contributed by atoms with E-state index in [1.165, 1.54) is 34.8 Å². The molecule has 1 aromatic rings. The molecule has 18 nitrogen and oxygen atoms in total. The molecule has 2 atom stereocenters. The molecular formula is C27H36F6N8O10S. The molecule has 7 N–H and O–H groups in total. The summed E-state index contributed by atoms with van der Waals surface area (Å²) < 4.78 is 88.7. The molecule has 292 valence electrons. The second-order valence-electron chi connectivity index (χ2n) is 11.4. The number of carbonyl (C=O) groups excluding carboxylic acids is 2. The predicted molar refractivity (Wildman–Crippen MR) is 167 cm³/mol. The van der Waals surface area contributed by atoms with Crippen LogP contribution in [0.4, 0.5) is 36.8 Å². The highest BCUT2D eigenvalue weighted by Crippen LogP contribution is 2.27. The van der Waals surface area contributed by atoms with E-state index >= 15 is 0 Å². The molecule has 0 spiro atoms. The monoisotopic (exact) mass is 778 g/mol. The lowest BCUT2D eigenvalue weighted by Crippen LogP contribution is -2.57. The summed E-state index contributed by atoms with van der Waals surface area (Å²) in [6, 6.07) is 4.65. The quantitative estimate of drug-likeness (QED) is 0.133. The molecule has 3 aliphatic rings. The fourth-order valence-electron chi connectivity index (χ4n) is 5.18. The predicted octanol–water partition coefficient (Wildman–Crippen LogP) is 0.241. The number of nitrogens with zero attached hydrogens (tertiary/aromatic N) is 5. The fraction of sp³-hybridized carbons (Fsp3) is 0.556. The first-order valence-corrected chi connectivity index (χ1v) is 16.8. The largest absolute Gasteiger partial charge is 0.490 e. The molecule has 3 heterocycles. The number of rotatable bonds is 5. The minimum Gasteiger partial charge on any atom is -0.478 e. The number of benzene rings is 1. The van der Waals surface area contributed by atoms with Gasteiger partial charge in [0.2, 0.25) is 15.9 Å². The number of halogens is 6. The first-order chi connectivity index (χ1) is 23.8. The fourth-order valence-corrected chi connectivity index (χ4v) is 6.01. The van der Waals surface area contributed by atoms with E-state index in [-0.39, 0.29) is 29.5 Å². The third-order valence-electron chi connectivity index (χ3n) is 7.86. The SMILES string of the molecule is CS(=O)(=O)N1CCN([C@H]2C[C@@H](C(=O)Nc3ccc(C(=O)O)cc3)N(C(=O)N3CCN(C(=N)N)CC3)C2)CC1.O=C(O)C(F)(F)F.O=C(O)C(F)(F)F. The van der Waals surface area contributed by atoms with E-state index in [1.54, 1.807) is 14.7 Å². The van der Waals surface area contributed by atoms with Crippen LogP contribution in [0.1, 0.15) is 16.8 Å². The van der Waals surface area contributed by atoms with Gasteiger partial charge in [0.15, 0.2) is 5.96 Å². The molecule has 0 radical (unpaired) electrons. The zero-order valence-corrected chi connectivity index (χ0v) is 28.0. The van der Waals surface area contributed by atoms with E-state index in [1.807, 2.05) is 0 Å². The summed E-state index contributed by atoms with van der Waals surface area (Å²) in [7, 11) is -3.28. The van der Waals surface area contributed by atoms with Crippen LogP contribution in [0.15, 0.2) is 24.3 Å². The number of aromatic carboxylic acids is 1. The van der Waals surface area contributed by atoms with Crippen molar-refractivity contribution in [1.82, 2.24) is 23.9 Å². The molecule has 3 saturated heterocycles. The van der Waals surface area contributed by atoms with E-state index in [9.17, 15) is 49.1 Å². The van der Waals surface area contributed by atoms with Gasteiger partial charge in [0, 0.05) is 70.6 Å². The zero-order valence-electron chi connectivity index (χ0n) is 27.2. The summed E-state index contributed by atoms with van der Waals surface area (Å²) in [5, 5.41) is 33.8. The normalized spacial score (nSPS) is 20.1. The standard InChI is InChI=1S/C23H34N8O6S.2C2HF3O2/c1-38(36,37)30-12-10-27(11-13-30)18-14-19(20(32)26-17-4-2-16(3-5-17)21(33)34)31(15-18)23(35)29-8-6-28(7-9-29)22(24)25;2*3-2(4,5)1(6)7/h2-5,18-19H,6-15H2,1H3,(H3,24,25)(H,26,32)(H,33,34);2*(H,6,7)/t18-,19-;;/m0../s1. The minimum atomic E-state index is -5.08. The molecule has 25 heteroatoms. The van der Waals surface area contributed by atoms with Gasteiger partial charge >= 0.3 is 36.3 Å². The second-order valence-corrected chi connectivity index (χ2v) is 13.4. The summed E-state index contributed by atoms with van der Waals surface area (Å²) in [4.78, 5) is 62.9. The van der Waals surface area contributed by atoms with Crippen LogP contribution in [0.3, 0.4) is 0 Å². The highest BCUT2D eigenvalue weighted by molar-refractivity contribution is 7.88. The molecular weight excluding hydrogens is 742 g/mol. The van der Waals surface area contributed by atoms with Crippen LogP contribution < -0.4 is 11.1 Å². The number of alkyl halides is 6. The number of nitrogens with one attached hydrogen (secondary N) is 2. The summed E-state index contributed by atoms with van der Waals surface area (Å²) in [5.74, 6) is -7.00. The van der Waals surface area contributed by atoms with Gasteiger partial charge in [-0.25, -0.2) is 27.6 Å². The number of hydrogen-bond donors (Lipinski definition) is 6. The van der Waals surface area contributed by atoms with Crippen LogP contribution in [0.2, 0.25) is 0 Å². The van der Waals surface area contributed by atoms with Crippen LogP contribution in [-0.2, 0) is 24.4 Å². The topological polar surface area (TPSA) is 258 Å². The van der Waals surface area contributed by atoms with Crippen LogP contribution >= 0.6 is 0 Å². The molecule has 3 aliphatic heterocycles. The van der Waals surface area contributed by atoms with Crippen LogP contribution in [0.5, 0.6) is 0 Å². The van der Waals surface area contributed by atoms with E-state index in [0.29, 0.717) is 71.0 Å². The van der Waals surface area contributed by atoms with Crippen LogP contribution in [0.25, 0.3) is 0 Å². The number of likely N-dealkylation sites (tertiary alicyclic amines) is 1. The average Bonchev–Trinajstić information content (AvgIpc) is 3.50. The van der Waals surface area contributed by atoms with Crippen molar-refractivity contribution in [2.24, 2.45) is 5.73 Å². The number of hydrogen-bond acceptors (Lipinski definition) is 9. The number of anilines is 1. The Morgan fingerprint density at radius 2 is 1.25 bits per heavy atom. The first-order valence-electron chi connectivity index (χ1n) is 14.9. The van der Waals surface area contributed by atoms with Gasteiger partial charge < -0.3 is 41.1 Å². The molecule has 3 fully saturated rings. The highest BCUT2D eigenvalue weighted by Gasteiger charge is 2.44. The minimum absolute atomic E-state index is 0.0438. The number of piperazine rings is 2. The summed E-state index contributed by atoms with van der Waals surface area (Å²) in [5.41, 5.74) is 6.09. The molecule has 52 heavy (non-hydrogen) atoms. The Hall–Kier alpha value is -4.91. The Morgan fingerprint density at radius 1 is 0.808 bits per heavy atom. The van der Waals surface area contributed by atoms with Crippen molar-refractivity contribution in [3.8, 4) is 0 Å². The van der Waals surface area contributed by atoms with Gasteiger partial charge in [-0.3, -0.25) is 15.1 Å². The Kier molecular flexibility index (Phi) is 14.6. The van der Waals surface area contributed by atoms with E-state index < -0.39 is 46.3 Å². The van der Waals surface area contributed by atoms with Crippen molar-refractivity contribution >= 4 is 51.5 Å². The number of carboxylic acid groups (broad SMARTS) is 3. The summed E-state index contributed by atoms with van der Waals surface area (Å²) in [6.45, 7) is 3.63. The van der Waals surface area contributed by atoms with E-state index in [0.717, 1.165) is 0 Å². The highest BCUT2D eigenvalue weighted by atomic mass is 32.2.